The van der Waals surface area contributed by atoms with Crippen molar-refractivity contribution in [2.45, 2.75) is 20.3 Å². The fraction of sp³-hybridized carbons (Fsp3) is 0.500. The number of benzene rings is 1. The molecule has 23 heavy (non-hydrogen) atoms. The molecule has 0 saturated heterocycles. The van der Waals surface area contributed by atoms with Gasteiger partial charge in [-0.2, -0.15) is 0 Å². The van der Waals surface area contributed by atoms with Gasteiger partial charge in [0.05, 0.1) is 13.0 Å². The summed E-state index contributed by atoms with van der Waals surface area (Å²) in [4.78, 5) is 24.6. The lowest BCUT2D eigenvalue weighted by Gasteiger charge is -2.18. The minimum absolute atomic E-state index is 0.176. The molecule has 1 aromatic carbocycles. The van der Waals surface area contributed by atoms with Crippen molar-refractivity contribution >= 4 is 17.6 Å². The van der Waals surface area contributed by atoms with Gasteiger partial charge in [-0.1, -0.05) is 13.8 Å². The highest BCUT2D eigenvalue weighted by Gasteiger charge is 2.04. The van der Waals surface area contributed by atoms with Gasteiger partial charge < -0.3 is 26.0 Å². The molecule has 0 heterocycles. The standard InChI is InChI=1S/C16H26N4O3/c1-3-20(4-2)11-10-18-16(22)19-13-5-7-14(8-6-13)23-12-9-15(17)21/h5-8H,3-4,9-12H2,1-2H3,(H2,17,21)(H2,18,19,22). The molecule has 128 valence electrons. The molecule has 0 radical (unpaired) electrons. The second kappa shape index (κ2) is 10.4. The van der Waals surface area contributed by atoms with Crippen molar-refractivity contribution in [3.05, 3.63) is 24.3 Å². The zero-order valence-electron chi connectivity index (χ0n) is 13.8. The normalized spacial score (nSPS) is 10.4. The number of carbonyl (C=O) groups is 2. The van der Waals surface area contributed by atoms with Crippen molar-refractivity contribution in [3.63, 3.8) is 0 Å². The van der Waals surface area contributed by atoms with Gasteiger partial charge in [-0.25, -0.2) is 4.79 Å². The highest BCUT2D eigenvalue weighted by Crippen LogP contribution is 2.15. The number of nitrogens with two attached hydrogens (primary N) is 1. The second-order valence-corrected chi connectivity index (χ2v) is 5.00. The first-order chi connectivity index (χ1) is 11.0. The molecular formula is C16H26N4O3. The summed E-state index contributed by atoms with van der Waals surface area (Å²) in [5, 5.41) is 5.57. The monoisotopic (exact) mass is 322 g/mol. The topological polar surface area (TPSA) is 96.7 Å². The van der Waals surface area contributed by atoms with Gasteiger partial charge >= 0.3 is 6.03 Å². The van der Waals surface area contributed by atoms with Crippen LogP contribution in [0.25, 0.3) is 0 Å². The Hall–Kier alpha value is -2.28. The summed E-state index contributed by atoms with van der Waals surface area (Å²) in [7, 11) is 0. The van der Waals surface area contributed by atoms with Gasteiger partial charge in [-0.3, -0.25) is 4.79 Å². The molecule has 0 atom stereocenters. The van der Waals surface area contributed by atoms with Gasteiger partial charge in [0.15, 0.2) is 0 Å². The number of anilines is 1. The first-order valence-corrected chi connectivity index (χ1v) is 7.83. The maximum absolute atomic E-state index is 11.8. The first kappa shape index (κ1) is 18.8. The molecule has 7 nitrogen and oxygen atoms in total. The number of rotatable bonds is 10. The van der Waals surface area contributed by atoms with Crippen molar-refractivity contribution in [2.24, 2.45) is 5.73 Å². The molecule has 4 N–H and O–H groups in total. The van der Waals surface area contributed by atoms with Crippen LogP contribution in [-0.2, 0) is 4.79 Å². The molecule has 0 unspecified atom stereocenters. The van der Waals surface area contributed by atoms with Crippen molar-refractivity contribution in [1.82, 2.24) is 10.2 Å². The number of hydrogen-bond acceptors (Lipinski definition) is 4. The fourth-order valence-corrected chi connectivity index (χ4v) is 1.95. The number of hydrogen-bond donors (Lipinski definition) is 3. The highest BCUT2D eigenvalue weighted by atomic mass is 16.5. The number of ether oxygens (including phenoxy) is 1. The van der Waals surface area contributed by atoms with Crippen LogP contribution in [-0.4, -0.2) is 49.6 Å². The van der Waals surface area contributed by atoms with Gasteiger partial charge in [0.1, 0.15) is 5.75 Å². The molecule has 0 aromatic heterocycles. The Balaban J connectivity index is 2.31. The number of nitrogens with zero attached hydrogens (tertiary/aromatic N) is 1. The Morgan fingerprint density at radius 2 is 1.83 bits per heavy atom. The van der Waals surface area contributed by atoms with Gasteiger partial charge in [-0.05, 0) is 37.4 Å². The summed E-state index contributed by atoms with van der Waals surface area (Å²) in [6.45, 7) is 7.80. The Labute approximate surface area is 137 Å². The highest BCUT2D eigenvalue weighted by molar-refractivity contribution is 5.89. The maximum Gasteiger partial charge on any atom is 0.319 e. The maximum atomic E-state index is 11.8. The fourth-order valence-electron chi connectivity index (χ4n) is 1.95. The van der Waals surface area contributed by atoms with Crippen LogP contribution in [0.5, 0.6) is 5.75 Å². The number of carbonyl (C=O) groups excluding carboxylic acids is 2. The summed E-state index contributed by atoms with van der Waals surface area (Å²) in [6.07, 6.45) is 0.176. The van der Waals surface area contributed by atoms with Crippen LogP contribution in [0.1, 0.15) is 20.3 Å². The van der Waals surface area contributed by atoms with Crippen molar-refractivity contribution in [2.75, 3.05) is 38.1 Å². The van der Waals surface area contributed by atoms with Crippen molar-refractivity contribution in [1.29, 1.82) is 0 Å². The summed E-state index contributed by atoms with van der Waals surface area (Å²) in [5.41, 5.74) is 5.71. The predicted octanol–water partition coefficient (Wildman–Crippen LogP) is 1.40. The predicted molar refractivity (Wildman–Crippen MR) is 90.6 cm³/mol. The molecule has 3 amide bonds. The summed E-state index contributed by atoms with van der Waals surface area (Å²) in [6, 6.07) is 6.70. The molecular weight excluding hydrogens is 296 g/mol. The Morgan fingerprint density at radius 3 is 2.39 bits per heavy atom. The molecule has 0 bridgehead atoms. The van der Waals surface area contributed by atoms with Gasteiger partial charge in [0.25, 0.3) is 0 Å². The third-order valence-corrected chi connectivity index (χ3v) is 3.34. The van der Waals surface area contributed by atoms with Crippen LogP contribution in [0, 0.1) is 0 Å². The van der Waals surface area contributed by atoms with Gasteiger partial charge in [0, 0.05) is 18.8 Å². The first-order valence-electron chi connectivity index (χ1n) is 7.83. The molecule has 0 aliphatic heterocycles. The van der Waals surface area contributed by atoms with Crippen LogP contribution in [0.3, 0.4) is 0 Å². The smallest absolute Gasteiger partial charge is 0.319 e. The van der Waals surface area contributed by atoms with Gasteiger partial charge in [-0.15, -0.1) is 0 Å². The largest absolute Gasteiger partial charge is 0.493 e. The van der Waals surface area contributed by atoms with E-state index < -0.39 is 5.91 Å². The molecule has 1 aromatic rings. The van der Waals surface area contributed by atoms with Crippen LogP contribution >= 0.6 is 0 Å². The quantitative estimate of drug-likeness (QED) is 0.606. The summed E-state index contributed by atoms with van der Waals surface area (Å²) >= 11 is 0. The SMILES string of the molecule is CCN(CC)CCNC(=O)Nc1ccc(OCCC(N)=O)cc1. The number of likely N-dealkylation sites (N-methyl/N-ethyl adjacent to an activating group) is 1. The lowest BCUT2D eigenvalue weighted by atomic mass is 10.3. The lowest BCUT2D eigenvalue weighted by Crippen LogP contribution is -2.36. The van der Waals surface area contributed by atoms with E-state index in [1.54, 1.807) is 24.3 Å². The average Bonchev–Trinajstić information content (AvgIpc) is 2.53. The number of amides is 3. The average molecular weight is 322 g/mol. The Morgan fingerprint density at radius 1 is 1.17 bits per heavy atom. The number of nitrogens with one attached hydrogen (secondary N) is 2. The van der Waals surface area contributed by atoms with E-state index in [-0.39, 0.29) is 19.1 Å². The van der Waals surface area contributed by atoms with E-state index in [1.165, 1.54) is 0 Å². The van der Waals surface area contributed by atoms with Crippen LogP contribution in [0.15, 0.2) is 24.3 Å². The molecule has 1 rings (SSSR count). The second-order valence-electron chi connectivity index (χ2n) is 5.00. The van der Waals surface area contributed by atoms with E-state index in [2.05, 4.69) is 29.4 Å². The van der Waals surface area contributed by atoms with E-state index in [1.807, 2.05) is 0 Å². The lowest BCUT2D eigenvalue weighted by molar-refractivity contribution is -0.118. The molecule has 0 aliphatic carbocycles. The third kappa shape index (κ3) is 8.06. The van der Waals surface area contributed by atoms with Crippen LogP contribution in [0.4, 0.5) is 10.5 Å². The van der Waals surface area contributed by atoms with Crippen LogP contribution < -0.4 is 21.1 Å². The Bertz CT molecular complexity index is 487. The van der Waals surface area contributed by atoms with Gasteiger partial charge in [0.2, 0.25) is 5.91 Å². The summed E-state index contributed by atoms with van der Waals surface area (Å²) < 4.78 is 5.36. The van der Waals surface area contributed by atoms with E-state index in [4.69, 9.17) is 10.5 Å². The van der Waals surface area contributed by atoms with E-state index in [0.717, 1.165) is 19.6 Å². The van der Waals surface area contributed by atoms with E-state index in [0.29, 0.717) is 18.0 Å². The zero-order chi connectivity index (χ0) is 17.1. The molecule has 0 spiro atoms. The number of urea groups is 1. The minimum atomic E-state index is -0.398. The van der Waals surface area contributed by atoms with E-state index in [9.17, 15) is 9.59 Å². The van der Waals surface area contributed by atoms with E-state index >= 15 is 0 Å². The Kier molecular flexibility index (Phi) is 8.52. The van der Waals surface area contributed by atoms with Crippen LogP contribution in [0.2, 0.25) is 0 Å². The number of primary amides is 1. The zero-order valence-corrected chi connectivity index (χ0v) is 13.8. The molecule has 0 fully saturated rings. The van der Waals surface area contributed by atoms with Crippen molar-refractivity contribution < 1.29 is 14.3 Å². The molecule has 0 aliphatic rings. The summed E-state index contributed by atoms with van der Waals surface area (Å²) in [5.74, 6) is 0.225. The third-order valence-electron chi connectivity index (χ3n) is 3.34. The molecule has 7 heteroatoms. The minimum Gasteiger partial charge on any atom is -0.493 e. The molecule has 0 saturated carbocycles. The van der Waals surface area contributed by atoms with Crippen molar-refractivity contribution in [3.8, 4) is 5.75 Å².